The number of unbranched alkanes of at least 4 members (excludes halogenated alkanes) is 16. The quantitative estimate of drug-likeness (QED) is 0.0988. The molecule has 39 heavy (non-hydrogen) atoms. The summed E-state index contributed by atoms with van der Waals surface area (Å²) in [6, 6.07) is 18.1. The van der Waals surface area contributed by atoms with Crippen molar-refractivity contribution in [2.75, 3.05) is 6.61 Å². The molecule has 0 saturated carbocycles. The number of ether oxygens (including phenoxy) is 1. The molecule has 2 nitrogen and oxygen atoms in total. The zero-order valence-electron chi connectivity index (χ0n) is 25.4. The van der Waals surface area contributed by atoms with Crippen molar-refractivity contribution in [2.45, 2.75) is 142 Å². The summed E-state index contributed by atoms with van der Waals surface area (Å²) in [7, 11) is 0. The van der Waals surface area contributed by atoms with Crippen LogP contribution in [-0.2, 0) is 4.74 Å². The molecular weight excluding hydrogens is 476 g/mol. The number of hydrogen-bond donors (Lipinski definition) is 0. The van der Waals surface area contributed by atoms with Crippen LogP contribution in [0.1, 0.15) is 153 Å². The van der Waals surface area contributed by atoms with Gasteiger partial charge < -0.3 is 4.74 Å². The standard InChI is InChI=1S/C37H58O2/c1-3-5-7-9-11-13-14-16-18-21-25-33(24-20-17-15-12-10-8-6-4-2)32-39-37(38)36-30-28-35(29-31-36)34-26-22-19-23-27-34/h19,22-23,26-31,33H,3-18,20-21,24-25,32H2,1-2H3. The van der Waals surface area contributed by atoms with E-state index < -0.39 is 0 Å². The molecule has 0 saturated heterocycles. The first kappa shape index (κ1) is 33.1. The molecule has 2 aromatic carbocycles. The summed E-state index contributed by atoms with van der Waals surface area (Å²) in [5.74, 6) is 0.310. The van der Waals surface area contributed by atoms with Crippen LogP contribution in [0.5, 0.6) is 0 Å². The van der Waals surface area contributed by atoms with E-state index >= 15 is 0 Å². The van der Waals surface area contributed by atoms with Crippen molar-refractivity contribution in [1.82, 2.24) is 0 Å². The van der Waals surface area contributed by atoms with E-state index in [1.165, 1.54) is 134 Å². The van der Waals surface area contributed by atoms with Crippen LogP contribution in [0, 0.1) is 5.92 Å². The Labute approximate surface area is 241 Å². The maximum atomic E-state index is 12.8. The van der Waals surface area contributed by atoms with Crippen LogP contribution in [0.15, 0.2) is 54.6 Å². The van der Waals surface area contributed by atoms with Crippen molar-refractivity contribution in [2.24, 2.45) is 5.92 Å². The normalized spacial score (nSPS) is 11.9. The minimum absolute atomic E-state index is 0.182. The Kier molecular flexibility index (Phi) is 19.3. The Hall–Kier alpha value is -2.09. The van der Waals surface area contributed by atoms with Gasteiger partial charge in [0, 0.05) is 0 Å². The molecule has 0 radical (unpaired) electrons. The summed E-state index contributed by atoms with van der Waals surface area (Å²) >= 11 is 0. The molecule has 1 unspecified atom stereocenters. The van der Waals surface area contributed by atoms with Gasteiger partial charge in [-0.2, -0.15) is 0 Å². The second-order valence-corrected chi connectivity index (χ2v) is 11.6. The van der Waals surface area contributed by atoms with Gasteiger partial charge in [-0.25, -0.2) is 4.79 Å². The zero-order chi connectivity index (χ0) is 27.8. The minimum Gasteiger partial charge on any atom is -0.462 e. The molecule has 0 heterocycles. The van der Waals surface area contributed by atoms with Crippen molar-refractivity contribution in [1.29, 1.82) is 0 Å². The molecule has 1 atom stereocenters. The van der Waals surface area contributed by atoms with E-state index in [2.05, 4.69) is 26.0 Å². The minimum atomic E-state index is -0.182. The summed E-state index contributed by atoms with van der Waals surface area (Å²) < 4.78 is 5.86. The third kappa shape index (κ3) is 15.9. The highest BCUT2D eigenvalue weighted by atomic mass is 16.5. The van der Waals surface area contributed by atoms with Crippen LogP contribution in [0.4, 0.5) is 0 Å². The third-order valence-corrected chi connectivity index (χ3v) is 8.11. The molecular formula is C37H58O2. The largest absolute Gasteiger partial charge is 0.462 e. The smallest absolute Gasteiger partial charge is 0.338 e. The SMILES string of the molecule is CCCCCCCCCCCCC(CCCCCCCCCC)COC(=O)c1ccc(-c2ccccc2)cc1. The van der Waals surface area contributed by atoms with E-state index in [4.69, 9.17) is 4.74 Å². The zero-order valence-corrected chi connectivity index (χ0v) is 25.4. The number of rotatable bonds is 24. The van der Waals surface area contributed by atoms with Gasteiger partial charge in [0.05, 0.1) is 12.2 Å². The molecule has 0 amide bonds. The Morgan fingerprint density at radius 2 is 0.949 bits per heavy atom. The van der Waals surface area contributed by atoms with Gasteiger partial charge in [0.15, 0.2) is 0 Å². The monoisotopic (exact) mass is 534 g/mol. The van der Waals surface area contributed by atoms with Crippen molar-refractivity contribution < 1.29 is 9.53 Å². The van der Waals surface area contributed by atoms with Gasteiger partial charge in [-0.05, 0) is 42.0 Å². The van der Waals surface area contributed by atoms with Gasteiger partial charge in [-0.1, -0.05) is 172 Å². The molecule has 2 rings (SSSR count). The molecule has 0 aliphatic rings. The average molecular weight is 535 g/mol. The maximum absolute atomic E-state index is 12.8. The van der Waals surface area contributed by atoms with E-state index in [0.717, 1.165) is 5.56 Å². The highest BCUT2D eigenvalue weighted by Crippen LogP contribution is 2.22. The Balaban J connectivity index is 1.72. The first-order valence-electron chi connectivity index (χ1n) is 16.6. The molecule has 0 N–H and O–H groups in total. The van der Waals surface area contributed by atoms with Crippen LogP contribution >= 0.6 is 0 Å². The van der Waals surface area contributed by atoms with Crippen molar-refractivity contribution in [3.05, 3.63) is 60.2 Å². The van der Waals surface area contributed by atoms with E-state index in [-0.39, 0.29) is 5.97 Å². The number of benzene rings is 2. The molecule has 0 aromatic heterocycles. The Bertz CT molecular complexity index is 826. The lowest BCUT2D eigenvalue weighted by Gasteiger charge is -2.17. The lowest BCUT2D eigenvalue weighted by Crippen LogP contribution is -2.15. The lowest BCUT2D eigenvalue weighted by molar-refractivity contribution is 0.0422. The number of hydrogen-bond acceptors (Lipinski definition) is 2. The summed E-state index contributed by atoms with van der Waals surface area (Å²) in [6.07, 6.45) is 26.8. The van der Waals surface area contributed by atoms with Crippen LogP contribution in [-0.4, -0.2) is 12.6 Å². The second kappa shape index (κ2) is 22.7. The molecule has 2 aromatic rings. The van der Waals surface area contributed by atoms with Crippen LogP contribution < -0.4 is 0 Å². The predicted octanol–water partition coefficient (Wildman–Crippen LogP) is 12.0. The summed E-state index contributed by atoms with van der Waals surface area (Å²) in [5.41, 5.74) is 2.94. The fraction of sp³-hybridized carbons (Fsp3) is 0.649. The molecule has 2 heteroatoms. The molecule has 0 spiro atoms. The van der Waals surface area contributed by atoms with Crippen molar-refractivity contribution in [3.63, 3.8) is 0 Å². The van der Waals surface area contributed by atoms with E-state index in [1.807, 2.05) is 42.5 Å². The molecule has 0 fully saturated rings. The van der Waals surface area contributed by atoms with Gasteiger partial charge in [0.25, 0.3) is 0 Å². The van der Waals surface area contributed by atoms with Gasteiger partial charge in [-0.3, -0.25) is 0 Å². The van der Waals surface area contributed by atoms with E-state index in [1.54, 1.807) is 0 Å². The van der Waals surface area contributed by atoms with Crippen molar-refractivity contribution >= 4 is 5.97 Å². The molecule has 218 valence electrons. The van der Waals surface area contributed by atoms with Crippen LogP contribution in [0.3, 0.4) is 0 Å². The first-order valence-corrected chi connectivity index (χ1v) is 16.6. The van der Waals surface area contributed by atoms with Crippen molar-refractivity contribution in [3.8, 4) is 11.1 Å². The van der Waals surface area contributed by atoms with Gasteiger partial charge >= 0.3 is 5.97 Å². The van der Waals surface area contributed by atoms with Crippen LogP contribution in [0.25, 0.3) is 11.1 Å². The Morgan fingerprint density at radius 3 is 1.41 bits per heavy atom. The highest BCUT2D eigenvalue weighted by Gasteiger charge is 2.14. The first-order chi connectivity index (χ1) is 19.2. The predicted molar refractivity (Wildman–Crippen MR) is 169 cm³/mol. The fourth-order valence-corrected chi connectivity index (χ4v) is 5.50. The highest BCUT2D eigenvalue weighted by molar-refractivity contribution is 5.90. The fourth-order valence-electron chi connectivity index (χ4n) is 5.50. The second-order valence-electron chi connectivity index (χ2n) is 11.6. The Morgan fingerprint density at radius 1 is 0.538 bits per heavy atom. The number of carbonyl (C=O) groups excluding carboxylic acids is 1. The van der Waals surface area contributed by atoms with E-state index in [9.17, 15) is 4.79 Å². The van der Waals surface area contributed by atoms with Gasteiger partial charge in [0.1, 0.15) is 0 Å². The summed E-state index contributed by atoms with van der Waals surface area (Å²) in [6.45, 7) is 5.13. The number of carbonyl (C=O) groups is 1. The lowest BCUT2D eigenvalue weighted by atomic mass is 9.94. The van der Waals surface area contributed by atoms with E-state index in [0.29, 0.717) is 18.1 Å². The summed E-state index contributed by atoms with van der Waals surface area (Å²) in [4.78, 5) is 12.8. The summed E-state index contributed by atoms with van der Waals surface area (Å²) in [5, 5.41) is 0. The topological polar surface area (TPSA) is 26.3 Å². The van der Waals surface area contributed by atoms with Crippen LogP contribution in [0.2, 0.25) is 0 Å². The van der Waals surface area contributed by atoms with Gasteiger partial charge in [0.2, 0.25) is 0 Å². The average Bonchev–Trinajstić information content (AvgIpc) is 2.98. The third-order valence-electron chi connectivity index (χ3n) is 8.11. The molecule has 0 aliphatic heterocycles. The van der Waals surface area contributed by atoms with Gasteiger partial charge in [-0.15, -0.1) is 0 Å². The molecule has 0 aliphatic carbocycles. The molecule has 0 bridgehead atoms. The maximum Gasteiger partial charge on any atom is 0.338 e. The number of esters is 1.